The number of carboxylic acid groups (broad SMARTS) is 1. The highest BCUT2D eigenvalue weighted by molar-refractivity contribution is 5.78. The second-order valence-corrected chi connectivity index (χ2v) is 4.35. The fourth-order valence-corrected chi connectivity index (χ4v) is 2.63. The molecule has 4 heteroatoms. The maximum atomic E-state index is 11.2. The molecule has 2 aliphatic carbocycles. The second-order valence-electron chi connectivity index (χ2n) is 4.35. The summed E-state index contributed by atoms with van der Waals surface area (Å²) in [7, 11) is 0. The van der Waals surface area contributed by atoms with E-state index in [4.69, 9.17) is 4.52 Å². The molecule has 1 aromatic rings. The minimum absolute atomic E-state index is 0.0321. The predicted octanol–water partition coefficient (Wildman–Crippen LogP) is 1.57. The molecule has 0 radical (unpaired) electrons. The minimum atomic E-state index is -0.730. The Morgan fingerprint density at radius 2 is 2.36 bits per heavy atom. The largest absolute Gasteiger partial charge is 0.481 e. The molecule has 1 N–H and O–H groups in total. The van der Waals surface area contributed by atoms with E-state index in [9.17, 15) is 9.90 Å². The third-order valence-electron chi connectivity index (χ3n) is 3.60. The number of aryl methyl sites for hydroxylation is 1. The van der Waals surface area contributed by atoms with Gasteiger partial charge in [0.1, 0.15) is 6.26 Å². The predicted molar refractivity (Wildman–Crippen MR) is 46.9 cm³/mol. The van der Waals surface area contributed by atoms with Crippen LogP contribution in [-0.4, -0.2) is 16.2 Å². The van der Waals surface area contributed by atoms with Gasteiger partial charge in [0, 0.05) is 5.56 Å². The minimum Gasteiger partial charge on any atom is -0.481 e. The molecule has 14 heavy (non-hydrogen) atoms. The molecule has 74 valence electrons. The van der Waals surface area contributed by atoms with Crippen LogP contribution in [-0.2, 0) is 11.2 Å². The van der Waals surface area contributed by atoms with Crippen LogP contribution in [0.4, 0.5) is 0 Å². The summed E-state index contributed by atoms with van der Waals surface area (Å²) in [5.41, 5.74) is 1.68. The zero-order valence-corrected chi connectivity index (χ0v) is 7.69. The van der Waals surface area contributed by atoms with Crippen molar-refractivity contribution in [1.29, 1.82) is 0 Å². The molecule has 1 spiro atoms. The second kappa shape index (κ2) is 2.38. The zero-order chi connectivity index (χ0) is 9.76. The van der Waals surface area contributed by atoms with Crippen LogP contribution >= 0.6 is 0 Å². The van der Waals surface area contributed by atoms with Gasteiger partial charge in [0.05, 0.1) is 11.6 Å². The Kier molecular flexibility index (Phi) is 1.36. The standard InChI is InChI=1S/C10H11NO3/c12-9(13)8-6-5-14-11-7(6)1-2-10(8)3-4-10/h5,8H,1-4H2,(H,12,13). The number of hydrogen-bond donors (Lipinski definition) is 1. The molecule has 1 unspecified atom stereocenters. The highest BCUT2D eigenvalue weighted by Gasteiger charge is 2.56. The number of fused-ring (bicyclic) bond motifs is 1. The highest BCUT2D eigenvalue weighted by Crippen LogP contribution is 2.61. The van der Waals surface area contributed by atoms with Gasteiger partial charge in [-0.15, -0.1) is 0 Å². The first-order chi connectivity index (χ1) is 6.73. The molecule has 0 aliphatic heterocycles. The first-order valence-electron chi connectivity index (χ1n) is 4.89. The Morgan fingerprint density at radius 3 is 3.00 bits per heavy atom. The van der Waals surface area contributed by atoms with Crippen LogP contribution in [0.3, 0.4) is 0 Å². The van der Waals surface area contributed by atoms with E-state index in [1.165, 1.54) is 6.26 Å². The maximum absolute atomic E-state index is 11.2. The molecule has 0 aromatic carbocycles. The molecule has 1 fully saturated rings. The highest BCUT2D eigenvalue weighted by atomic mass is 16.5. The number of aliphatic carboxylic acids is 1. The summed E-state index contributed by atoms with van der Waals surface area (Å²) < 4.78 is 4.86. The van der Waals surface area contributed by atoms with Crippen molar-refractivity contribution >= 4 is 5.97 Å². The van der Waals surface area contributed by atoms with Crippen molar-refractivity contribution in [1.82, 2.24) is 5.16 Å². The van der Waals surface area contributed by atoms with E-state index in [-0.39, 0.29) is 11.3 Å². The van der Waals surface area contributed by atoms with Crippen molar-refractivity contribution < 1.29 is 14.4 Å². The first kappa shape index (κ1) is 8.03. The molecule has 4 nitrogen and oxygen atoms in total. The molecule has 1 atom stereocenters. The molecule has 2 aliphatic rings. The van der Waals surface area contributed by atoms with Gasteiger partial charge in [-0.05, 0) is 31.1 Å². The van der Waals surface area contributed by atoms with Crippen molar-refractivity contribution in [2.24, 2.45) is 5.41 Å². The van der Waals surface area contributed by atoms with Crippen LogP contribution in [0.25, 0.3) is 0 Å². The van der Waals surface area contributed by atoms with Crippen LogP contribution in [0.15, 0.2) is 10.8 Å². The Hall–Kier alpha value is -1.32. The third-order valence-corrected chi connectivity index (χ3v) is 3.60. The lowest BCUT2D eigenvalue weighted by molar-refractivity contribution is -0.141. The van der Waals surface area contributed by atoms with Crippen LogP contribution < -0.4 is 0 Å². The van der Waals surface area contributed by atoms with Crippen molar-refractivity contribution in [3.63, 3.8) is 0 Å². The van der Waals surface area contributed by atoms with Crippen LogP contribution in [0.1, 0.15) is 36.4 Å². The number of carbonyl (C=O) groups is 1. The van der Waals surface area contributed by atoms with Gasteiger partial charge in [0.15, 0.2) is 0 Å². The molecule has 0 saturated heterocycles. The molecule has 3 rings (SSSR count). The normalized spacial score (nSPS) is 27.3. The van der Waals surface area contributed by atoms with E-state index in [0.717, 1.165) is 36.9 Å². The Morgan fingerprint density at radius 1 is 1.57 bits per heavy atom. The smallest absolute Gasteiger partial charge is 0.311 e. The number of rotatable bonds is 1. The monoisotopic (exact) mass is 193 g/mol. The lowest BCUT2D eigenvalue weighted by Crippen LogP contribution is -2.27. The van der Waals surface area contributed by atoms with Gasteiger partial charge >= 0.3 is 5.97 Å². The Labute approximate surface area is 80.9 Å². The van der Waals surface area contributed by atoms with E-state index < -0.39 is 5.97 Å². The summed E-state index contributed by atoms with van der Waals surface area (Å²) in [6, 6.07) is 0. The van der Waals surface area contributed by atoms with Crippen LogP contribution in [0.5, 0.6) is 0 Å². The first-order valence-corrected chi connectivity index (χ1v) is 4.89. The third kappa shape index (κ3) is 0.882. The van der Waals surface area contributed by atoms with Gasteiger partial charge in [-0.1, -0.05) is 5.16 Å². The molecule has 1 aromatic heterocycles. The molecule has 0 amide bonds. The van der Waals surface area contributed by atoms with E-state index >= 15 is 0 Å². The fraction of sp³-hybridized carbons (Fsp3) is 0.600. The average Bonchev–Trinajstić information content (AvgIpc) is 2.75. The summed E-state index contributed by atoms with van der Waals surface area (Å²) in [6.45, 7) is 0. The molecule has 1 heterocycles. The summed E-state index contributed by atoms with van der Waals surface area (Å²) in [4.78, 5) is 11.2. The van der Waals surface area contributed by atoms with Crippen molar-refractivity contribution in [2.75, 3.05) is 0 Å². The van der Waals surface area contributed by atoms with Crippen molar-refractivity contribution in [2.45, 2.75) is 31.6 Å². The number of hydrogen-bond acceptors (Lipinski definition) is 3. The summed E-state index contributed by atoms with van der Waals surface area (Å²) in [6.07, 6.45) is 5.40. The maximum Gasteiger partial charge on any atom is 0.311 e. The quantitative estimate of drug-likeness (QED) is 0.735. The van der Waals surface area contributed by atoms with E-state index in [1.807, 2.05) is 0 Å². The van der Waals surface area contributed by atoms with Gasteiger partial charge in [-0.2, -0.15) is 0 Å². The van der Waals surface area contributed by atoms with Crippen LogP contribution in [0.2, 0.25) is 0 Å². The van der Waals surface area contributed by atoms with E-state index in [2.05, 4.69) is 5.16 Å². The van der Waals surface area contributed by atoms with Crippen molar-refractivity contribution in [3.05, 3.63) is 17.5 Å². The molecular weight excluding hydrogens is 182 g/mol. The SMILES string of the molecule is O=C(O)C1c2conc2CCC12CC2. The molecule has 0 bridgehead atoms. The van der Waals surface area contributed by atoms with Gasteiger partial charge in [-0.3, -0.25) is 4.79 Å². The molecule has 1 saturated carbocycles. The van der Waals surface area contributed by atoms with Crippen LogP contribution in [0, 0.1) is 5.41 Å². The number of carboxylic acids is 1. The average molecular weight is 193 g/mol. The van der Waals surface area contributed by atoms with Gasteiger partial charge < -0.3 is 9.63 Å². The summed E-state index contributed by atoms with van der Waals surface area (Å²) >= 11 is 0. The summed E-state index contributed by atoms with van der Waals surface area (Å²) in [5.74, 6) is -1.11. The topological polar surface area (TPSA) is 63.3 Å². The van der Waals surface area contributed by atoms with Gasteiger partial charge in [-0.25, -0.2) is 0 Å². The molecular formula is C10H11NO3. The Bertz CT molecular complexity index is 392. The summed E-state index contributed by atoms with van der Waals surface area (Å²) in [5, 5.41) is 13.1. The Balaban J connectivity index is 2.10. The zero-order valence-electron chi connectivity index (χ0n) is 7.69. The van der Waals surface area contributed by atoms with E-state index in [0.29, 0.717) is 0 Å². The lowest BCUT2D eigenvalue weighted by Gasteiger charge is -2.26. The number of aromatic nitrogens is 1. The van der Waals surface area contributed by atoms with Crippen molar-refractivity contribution in [3.8, 4) is 0 Å². The fourth-order valence-electron chi connectivity index (χ4n) is 2.63. The van der Waals surface area contributed by atoms with E-state index in [1.54, 1.807) is 0 Å². The van der Waals surface area contributed by atoms with Gasteiger partial charge in [0.25, 0.3) is 0 Å². The lowest BCUT2D eigenvalue weighted by atomic mass is 9.75. The van der Waals surface area contributed by atoms with Gasteiger partial charge in [0.2, 0.25) is 0 Å². The number of nitrogens with zero attached hydrogens (tertiary/aromatic N) is 1.